The lowest BCUT2D eigenvalue weighted by atomic mass is 10.1. The Bertz CT molecular complexity index is 782. The second kappa shape index (κ2) is 7.53. The van der Waals surface area contributed by atoms with Crippen molar-refractivity contribution in [3.63, 3.8) is 0 Å². The molecule has 2 heterocycles. The first-order valence-electron chi connectivity index (χ1n) is 8.30. The monoisotopic (exact) mass is 341 g/mol. The second-order valence-electron chi connectivity index (χ2n) is 6.33. The van der Waals surface area contributed by atoms with E-state index in [1.54, 1.807) is 37.3 Å². The Morgan fingerprint density at radius 3 is 3.00 bits per heavy atom. The van der Waals surface area contributed by atoms with E-state index in [1.165, 1.54) is 5.57 Å². The van der Waals surface area contributed by atoms with Gasteiger partial charge in [-0.3, -0.25) is 4.79 Å². The van der Waals surface area contributed by atoms with Crippen LogP contribution < -0.4 is 4.74 Å². The van der Waals surface area contributed by atoms with Crippen LogP contribution in [0.15, 0.2) is 40.9 Å². The standard InChI is InChI=1S/C19H23N3O3/c1-21-9-5-7-15(12-21)18-11-17(25-20-18)13-22(2)19(23)14-6-4-8-16(10-14)24-3/h4,6-8,10-11H,5,9,12-13H2,1-3H3. The number of aromatic nitrogens is 1. The maximum Gasteiger partial charge on any atom is 0.254 e. The summed E-state index contributed by atoms with van der Waals surface area (Å²) in [6.45, 7) is 2.29. The molecule has 0 bridgehead atoms. The lowest BCUT2D eigenvalue weighted by Gasteiger charge is -2.21. The predicted molar refractivity (Wildman–Crippen MR) is 95.4 cm³/mol. The molecule has 0 fully saturated rings. The van der Waals surface area contributed by atoms with Crippen molar-refractivity contribution in [1.82, 2.24) is 15.0 Å². The first-order valence-corrected chi connectivity index (χ1v) is 8.30. The number of hydrogen-bond donors (Lipinski definition) is 0. The van der Waals surface area contributed by atoms with Crippen LogP contribution in [0.25, 0.3) is 5.57 Å². The summed E-state index contributed by atoms with van der Waals surface area (Å²) in [5.41, 5.74) is 2.60. The van der Waals surface area contributed by atoms with Crippen molar-refractivity contribution in [2.45, 2.75) is 13.0 Å². The lowest BCUT2D eigenvalue weighted by molar-refractivity contribution is 0.0772. The molecule has 1 aromatic heterocycles. The normalized spacial score (nSPS) is 14.9. The summed E-state index contributed by atoms with van der Waals surface area (Å²) in [5, 5.41) is 4.16. The SMILES string of the molecule is COc1cccc(C(=O)N(C)Cc2cc(C3=CCCN(C)C3)no2)c1. The number of methoxy groups -OCH3 is 1. The zero-order valence-corrected chi connectivity index (χ0v) is 14.9. The van der Waals surface area contributed by atoms with Gasteiger partial charge in [-0.05, 0) is 37.2 Å². The van der Waals surface area contributed by atoms with E-state index in [-0.39, 0.29) is 5.91 Å². The summed E-state index contributed by atoms with van der Waals surface area (Å²) < 4.78 is 10.6. The number of nitrogens with zero attached hydrogens (tertiary/aromatic N) is 3. The molecule has 3 rings (SSSR count). The summed E-state index contributed by atoms with van der Waals surface area (Å²) in [5.74, 6) is 1.24. The molecule has 6 heteroatoms. The van der Waals surface area contributed by atoms with Crippen LogP contribution in [-0.4, -0.2) is 55.2 Å². The van der Waals surface area contributed by atoms with Crippen LogP contribution in [0.1, 0.15) is 28.2 Å². The molecule has 1 aliphatic heterocycles. The topological polar surface area (TPSA) is 58.8 Å². The molecule has 1 amide bonds. The van der Waals surface area contributed by atoms with Gasteiger partial charge in [0.2, 0.25) is 0 Å². The van der Waals surface area contributed by atoms with Crippen molar-refractivity contribution in [3.8, 4) is 5.75 Å². The largest absolute Gasteiger partial charge is 0.497 e. The van der Waals surface area contributed by atoms with E-state index in [1.807, 2.05) is 12.1 Å². The summed E-state index contributed by atoms with van der Waals surface area (Å²) >= 11 is 0. The van der Waals surface area contributed by atoms with Gasteiger partial charge in [0.25, 0.3) is 5.91 Å². The van der Waals surface area contributed by atoms with Gasteiger partial charge >= 0.3 is 0 Å². The third-order valence-electron chi connectivity index (χ3n) is 4.29. The number of carbonyl (C=O) groups is 1. The number of likely N-dealkylation sites (N-methyl/N-ethyl adjacent to an activating group) is 1. The number of carbonyl (C=O) groups excluding carboxylic acids is 1. The van der Waals surface area contributed by atoms with Gasteiger partial charge in [-0.2, -0.15) is 0 Å². The first kappa shape index (κ1) is 17.2. The molecule has 6 nitrogen and oxygen atoms in total. The van der Waals surface area contributed by atoms with Crippen LogP contribution in [0.2, 0.25) is 0 Å². The molecule has 132 valence electrons. The highest BCUT2D eigenvalue weighted by Crippen LogP contribution is 2.21. The minimum Gasteiger partial charge on any atom is -0.497 e. The van der Waals surface area contributed by atoms with Crippen molar-refractivity contribution in [3.05, 3.63) is 53.4 Å². The minimum absolute atomic E-state index is 0.0894. The molecule has 0 N–H and O–H groups in total. The Balaban J connectivity index is 1.67. The van der Waals surface area contributed by atoms with Crippen LogP contribution >= 0.6 is 0 Å². The molecule has 25 heavy (non-hydrogen) atoms. The van der Waals surface area contributed by atoms with Crippen molar-refractivity contribution in [2.75, 3.05) is 34.3 Å². The fraction of sp³-hybridized carbons (Fsp3) is 0.368. The van der Waals surface area contributed by atoms with E-state index in [4.69, 9.17) is 9.26 Å². The second-order valence-corrected chi connectivity index (χ2v) is 6.33. The molecular weight excluding hydrogens is 318 g/mol. The van der Waals surface area contributed by atoms with Gasteiger partial charge in [0.1, 0.15) is 11.4 Å². The van der Waals surface area contributed by atoms with E-state index in [9.17, 15) is 4.79 Å². The highest BCUT2D eigenvalue weighted by atomic mass is 16.5. The number of ether oxygens (including phenoxy) is 1. The summed E-state index contributed by atoms with van der Waals surface area (Å²) in [4.78, 5) is 16.4. The molecule has 1 aliphatic rings. The summed E-state index contributed by atoms with van der Waals surface area (Å²) in [6.07, 6.45) is 3.22. The zero-order valence-electron chi connectivity index (χ0n) is 14.9. The van der Waals surface area contributed by atoms with Crippen molar-refractivity contribution < 1.29 is 14.1 Å². The van der Waals surface area contributed by atoms with E-state index in [0.29, 0.717) is 23.6 Å². The Morgan fingerprint density at radius 2 is 2.24 bits per heavy atom. The van der Waals surface area contributed by atoms with E-state index < -0.39 is 0 Å². The maximum absolute atomic E-state index is 12.6. The van der Waals surface area contributed by atoms with Gasteiger partial charge in [0.05, 0.1) is 13.7 Å². The Morgan fingerprint density at radius 1 is 1.40 bits per heavy atom. The Hall–Kier alpha value is -2.60. The molecule has 0 radical (unpaired) electrons. The third-order valence-corrected chi connectivity index (χ3v) is 4.29. The van der Waals surface area contributed by atoms with E-state index in [2.05, 4.69) is 23.2 Å². The van der Waals surface area contributed by atoms with Gasteiger partial charge in [0, 0.05) is 31.8 Å². The molecule has 0 aliphatic carbocycles. The molecular formula is C19H23N3O3. The maximum atomic E-state index is 12.6. The van der Waals surface area contributed by atoms with Crippen molar-refractivity contribution in [2.24, 2.45) is 0 Å². The minimum atomic E-state index is -0.0894. The Labute approximate surface area is 147 Å². The van der Waals surface area contributed by atoms with Crippen LogP contribution in [0.4, 0.5) is 0 Å². The molecule has 0 unspecified atom stereocenters. The van der Waals surface area contributed by atoms with Gasteiger partial charge in [-0.25, -0.2) is 0 Å². The highest BCUT2D eigenvalue weighted by molar-refractivity contribution is 5.94. The smallest absolute Gasteiger partial charge is 0.254 e. The molecule has 0 saturated carbocycles. The zero-order chi connectivity index (χ0) is 17.8. The molecule has 0 saturated heterocycles. The summed E-state index contributed by atoms with van der Waals surface area (Å²) in [6, 6.07) is 9.04. The molecule has 0 atom stereocenters. The fourth-order valence-corrected chi connectivity index (χ4v) is 2.90. The van der Waals surface area contributed by atoms with Gasteiger partial charge in [0.15, 0.2) is 5.76 Å². The fourth-order valence-electron chi connectivity index (χ4n) is 2.90. The Kier molecular flexibility index (Phi) is 5.19. The van der Waals surface area contributed by atoms with Gasteiger partial charge in [-0.15, -0.1) is 0 Å². The number of amides is 1. The predicted octanol–water partition coefficient (Wildman–Crippen LogP) is 2.67. The average molecular weight is 341 g/mol. The quantitative estimate of drug-likeness (QED) is 0.837. The molecule has 0 spiro atoms. The summed E-state index contributed by atoms with van der Waals surface area (Å²) in [7, 11) is 5.42. The van der Waals surface area contributed by atoms with Crippen LogP contribution in [0, 0.1) is 0 Å². The lowest BCUT2D eigenvalue weighted by Crippen LogP contribution is -2.26. The molecule has 2 aromatic rings. The van der Waals surface area contributed by atoms with Crippen LogP contribution in [-0.2, 0) is 6.54 Å². The van der Waals surface area contributed by atoms with Crippen LogP contribution in [0.3, 0.4) is 0 Å². The van der Waals surface area contributed by atoms with Crippen molar-refractivity contribution in [1.29, 1.82) is 0 Å². The molecule has 1 aromatic carbocycles. The van der Waals surface area contributed by atoms with E-state index >= 15 is 0 Å². The number of rotatable bonds is 5. The van der Waals surface area contributed by atoms with Crippen molar-refractivity contribution >= 4 is 11.5 Å². The van der Waals surface area contributed by atoms with Gasteiger partial charge in [-0.1, -0.05) is 17.3 Å². The van der Waals surface area contributed by atoms with Gasteiger partial charge < -0.3 is 19.1 Å². The average Bonchev–Trinajstić information content (AvgIpc) is 3.09. The van der Waals surface area contributed by atoms with E-state index in [0.717, 1.165) is 25.2 Å². The van der Waals surface area contributed by atoms with Crippen LogP contribution in [0.5, 0.6) is 5.75 Å². The number of hydrogen-bond acceptors (Lipinski definition) is 5. The number of benzene rings is 1. The highest BCUT2D eigenvalue weighted by Gasteiger charge is 2.18. The first-order chi connectivity index (χ1) is 12.1. The third kappa shape index (κ3) is 4.09.